The molecule has 1 aliphatic rings. The lowest BCUT2D eigenvalue weighted by Crippen LogP contribution is -2.39. The average Bonchev–Trinajstić information content (AvgIpc) is 3.02. The van der Waals surface area contributed by atoms with Crippen LogP contribution in [-0.4, -0.2) is 41.2 Å². The molecular formula is C22H28N2O3. The number of carbonyl (C=O) groups is 2. The molecule has 1 aromatic heterocycles. The SMILES string of the molecule is CCCN(CCC(=O)N1CCc2ccccc2C1)C(=O)c1cc(C)oc1C. The summed E-state index contributed by atoms with van der Waals surface area (Å²) in [6, 6.07) is 10.1. The number of fused-ring (bicyclic) bond motifs is 1. The Labute approximate surface area is 160 Å². The Morgan fingerprint density at radius 3 is 2.56 bits per heavy atom. The highest BCUT2D eigenvalue weighted by Gasteiger charge is 2.24. The molecule has 3 rings (SSSR count). The summed E-state index contributed by atoms with van der Waals surface area (Å²) in [7, 11) is 0. The second kappa shape index (κ2) is 8.42. The van der Waals surface area contributed by atoms with Crippen LogP contribution in [0.4, 0.5) is 0 Å². The van der Waals surface area contributed by atoms with Crippen LogP contribution < -0.4 is 0 Å². The molecule has 0 unspecified atom stereocenters. The quantitative estimate of drug-likeness (QED) is 0.781. The molecule has 0 atom stereocenters. The molecule has 5 heteroatoms. The highest BCUT2D eigenvalue weighted by atomic mass is 16.3. The molecule has 0 fully saturated rings. The Morgan fingerprint density at radius 2 is 1.89 bits per heavy atom. The second-order valence-electron chi connectivity index (χ2n) is 7.20. The Bertz CT molecular complexity index is 825. The van der Waals surface area contributed by atoms with Crippen LogP contribution in [-0.2, 0) is 17.8 Å². The van der Waals surface area contributed by atoms with Crippen LogP contribution >= 0.6 is 0 Å². The second-order valence-corrected chi connectivity index (χ2v) is 7.20. The normalized spacial score (nSPS) is 13.4. The predicted molar refractivity (Wildman–Crippen MR) is 105 cm³/mol. The van der Waals surface area contributed by atoms with Crippen LogP contribution in [0.25, 0.3) is 0 Å². The van der Waals surface area contributed by atoms with Crippen LogP contribution in [0.2, 0.25) is 0 Å². The van der Waals surface area contributed by atoms with E-state index in [1.54, 1.807) is 17.9 Å². The molecule has 5 nitrogen and oxygen atoms in total. The number of amides is 2. The van der Waals surface area contributed by atoms with Gasteiger partial charge in [0.25, 0.3) is 5.91 Å². The van der Waals surface area contributed by atoms with Crippen molar-refractivity contribution in [3.05, 3.63) is 58.5 Å². The zero-order valence-electron chi connectivity index (χ0n) is 16.5. The van der Waals surface area contributed by atoms with Gasteiger partial charge < -0.3 is 14.2 Å². The lowest BCUT2D eigenvalue weighted by atomic mass is 10.00. The van der Waals surface area contributed by atoms with Gasteiger partial charge in [0.1, 0.15) is 11.5 Å². The van der Waals surface area contributed by atoms with Crippen LogP contribution in [0.15, 0.2) is 34.7 Å². The fourth-order valence-corrected chi connectivity index (χ4v) is 3.70. The Balaban J connectivity index is 1.62. The third kappa shape index (κ3) is 4.41. The lowest BCUT2D eigenvalue weighted by molar-refractivity contribution is -0.132. The van der Waals surface area contributed by atoms with Crippen molar-refractivity contribution in [3.63, 3.8) is 0 Å². The molecule has 0 N–H and O–H groups in total. The van der Waals surface area contributed by atoms with Crippen molar-refractivity contribution in [2.75, 3.05) is 19.6 Å². The van der Waals surface area contributed by atoms with Gasteiger partial charge in [-0.2, -0.15) is 0 Å². The monoisotopic (exact) mass is 368 g/mol. The van der Waals surface area contributed by atoms with E-state index in [4.69, 9.17) is 4.42 Å². The Hall–Kier alpha value is -2.56. The number of carbonyl (C=O) groups excluding carboxylic acids is 2. The van der Waals surface area contributed by atoms with E-state index >= 15 is 0 Å². The average molecular weight is 368 g/mol. The summed E-state index contributed by atoms with van der Waals surface area (Å²) in [6.07, 6.45) is 2.10. The third-order valence-corrected chi connectivity index (χ3v) is 5.13. The largest absolute Gasteiger partial charge is 0.466 e. The van der Waals surface area contributed by atoms with Crippen LogP contribution in [0, 0.1) is 13.8 Å². The highest BCUT2D eigenvalue weighted by Crippen LogP contribution is 2.20. The first kappa shape index (κ1) is 19.2. The minimum Gasteiger partial charge on any atom is -0.466 e. The topological polar surface area (TPSA) is 53.8 Å². The molecule has 2 aromatic rings. The number of hydrogen-bond acceptors (Lipinski definition) is 3. The van der Waals surface area contributed by atoms with Crippen LogP contribution in [0.5, 0.6) is 0 Å². The zero-order valence-corrected chi connectivity index (χ0v) is 16.5. The fraction of sp³-hybridized carbons (Fsp3) is 0.455. The van der Waals surface area contributed by atoms with Crippen molar-refractivity contribution in [3.8, 4) is 0 Å². The molecule has 0 saturated carbocycles. The maximum Gasteiger partial charge on any atom is 0.257 e. The van der Waals surface area contributed by atoms with Crippen molar-refractivity contribution in [1.29, 1.82) is 0 Å². The van der Waals surface area contributed by atoms with Gasteiger partial charge in [0.15, 0.2) is 0 Å². The van der Waals surface area contributed by atoms with E-state index in [0.29, 0.717) is 37.4 Å². The van der Waals surface area contributed by atoms with Gasteiger partial charge in [-0.3, -0.25) is 9.59 Å². The molecule has 2 heterocycles. The number of aryl methyl sites for hydroxylation is 2. The summed E-state index contributed by atoms with van der Waals surface area (Å²) in [6.45, 7) is 8.17. The van der Waals surface area contributed by atoms with Gasteiger partial charge in [0.2, 0.25) is 5.91 Å². The van der Waals surface area contributed by atoms with E-state index in [1.165, 1.54) is 11.1 Å². The van der Waals surface area contributed by atoms with E-state index in [-0.39, 0.29) is 11.8 Å². The van der Waals surface area contributed by atoms with Crippen molar-refractivity contribution in [1.82, 2.24) is 9.80 Å². The van der Waals surface area contributed by atoms with Gasteiger partial charge in [0, 0.05) is 32.6 Å². The van der Waals surface area contributed by atoms with E-state index in [2.05, 4.69) is 12.1 Å². The van der Waals surface area contributed by atoms with Gasteiger partial charge in [-0.25, -0.2) is 0 Å². The van der Waals surface area contributed by atoms with Crippen molar-refractivity contribution in [2.24, 2.45) is 0 Å². The van der Waals surface area contributed by atoms with E-state index in [9.17, 15) is 9.59 Å². The van der Waals surface area contributed by atoms with Gasteiger partial charge in [-0.05, 0) is 43.9 Å². The maximum absolute atomic E-state index is 12.9. The fourth-order valence-electron chi connectivity index (χ4n) is 3.70. The number of furan rings is 1. The van der Waals surface area contributed by atoms with Gasteiger partial charge in [-0.15, -0.1) is 0 Å². The predicted octanol–water partition coefficient (Wildman–Crippen LogP) is 3.72. The minimum absolute atomic E-state index is 0.0528. The van der Waals surface area contributed by atoms with Gasteiger partial charge >= 0.3 is 0 Å². The first-order chi connectivity index (χ1) is 13.0. The molecule has 0 saturated heterocycles. The molecule has 1 aromatic carbocycles. The van der Waals surface area contributed by atoms with Crippen LogP contribution in [0.3, 0.4) is 0 Å². The van der Waals surface area contributed by atoms with Gasteiger partial charge in [-0.1, -0.05) is 31.2 Å². The first-order valence-corrected chi connectivity index (χ1v) is 9.70. The maximum atomic E-state index is 12.9. The molecule has 0 radical (unpaired) electrons. The minimum atomic E-state index is -0.0528. The number of hydrogen-bond donors (Lipinski definition) is 0. The molecule has 0 aliphatic carbocycles. The molecule has 0 spiro atoms. The lowest BCUT2D eigenvalue weighted by Gasteiger charge is -2.30. The molecular weight excluding hydrogens is 340 g/mol. The van der Waals surface area contributed by atoms with E-state index in [1.807, 2.05) is 30.9 Å². The molecule has 27 heavy (non-hydrogen) atoms. The summed E-state index contributed by atoms with van der Waals surface area (Å²) in [4.78, 5) is 29.3. The molecule has 1 aliphatic heterocycles. The zero-order chi connectivity index (χ0) is 19.4. The van der Waals surface area contributed by atoms with Crippen molar-refractivity contribution >= 4 is 11.8 Å². The first-order valence-electron chi connectivity index (χ1n) is 9.70. The summed E-state index contributed by atoms with van der Waals surface area (Å²) in [5.41, 5.74) is 3.15. The van der Waals surface area contributed by atoms with Crippen molar-refractivity contribution < 1.29 is 14.0 Å². The number of benzene rings is 1. The number of rotatable bonds is 6. The van der Waals surface area contributed by atoms with Gasteiger partial charge in [0.05, 0.1) is 5.56 Å². The summed E-state index contributed by atoms with van der Waals surface area (Å²) >= 11 is 0. The van der Waals surface area contributed by atoms with Crippen LogP contribution in [0.1, 0.15) is 52.8 Å². The summed E-state index contributed by atoms with van der Waals surface area (Å²) in [5, 5.41) is 0. The molecule has 144 valence electrons. The molecule has 0 bridgehead atoms. The summed E-state index contributed by atoms with van der Waals surface area (Å²) < 4.78 is 5.50. The highest BCUT2D eigenvalue weighted by molar-refractivity contribution is 5.95. The smallest absolute Gasteiger partial charge is 0.257 e. The van der Waals surface area contributed by atoms with E-state index < -0.39 is 0 Å². The summed E-state index contributed by atoms with van der Waals surface area (Å²) in [5.74, 6) is 1.43. The third-order valence-electron chi connectivity index (χ3n) is 5.13. The standard InChI is InChI=1S/C22H28N2O3/c1-4-11-23(22(26)20-14-16(2)27-17(20)3)13-10-21(25)24-12-9-18-7-5-6-8-19(18)15-24/h5-8,14H,4,9-13,15H2,1-3H3. The Morgan fingerprint density at radius 1 is 1.15 bits per heavy atom. The van der Waals surface area contributed by atoms with Crippen molar-refractivity contribution in [2.45, 2.75) is 46.6 Å². The van der Waals surface area contributed by atoms with E-state index in [0.717, 1.165) is 25.1 Å². The number of nitrogens with zero attached hydrogens (tertiary/aromatic N) is 2. The molecule has 2 amide bonds. The Kier molecular flexibility index (Phi) is 5.99.